The highest BCUT2D eigenvalue weighted by atomic mass is 16.7. The number of benzene rings is 1. The standard InChI is InChI=1S/C20H22N2O6/c1-20(2,3)27-19(26)21-11-8-9-15(21)14(10-11)18(25)28-22-16(23)12-6-4-5-7-13(12)17(22)24/h4-7,11,14-15H,8-10H2,1-3H3. The van der Waals surface area contributed by atoms with Gasteiger partial charge >= 0.3 is 12.1 Å². The van der Waals surface area contributed by atoms with E-state index in [1.807, 2.05) is 0 Å². The van der Waals surface area contributed by atoms with Gasteiger partial charge in [0.25, 0.3) is 11.8 Å². The fourth-order valence-electron chi connectivity index (χ4n) is 4.25. The topological polar surface area (TPSA) is 93.2 Å². The molecule has 3 heterocycles. The van der Waals surface area contributed by atoms with Crippen molar-refractivity contribution in [3.63, 3.8) is 0 Å². The normalized spacial score (nSPS) is 25.9. The van der Waals surface area contributed by atoms with E-state index in [0.717, 1.165) is 6.42 Å². The molecule has 3 aliphatic rings. The highest BCUT2D eigenvalue weighted by Gasteiger charge is 2.54. The van der Waals surface area contributed by atoms with E-state index in [2.05, 4.69) is 0 Å². The average Bonchev–Trinajstić information content (AvgIpc) is 3.27. The molecule has 0 radical (unpaired) electrons. The van der Waals surface area contributed by atoms with Crippen LogP contribution in [0.3, 0.4) is 0 Å². The Balaban J connectivity index is 1.46. The lowest BCUT2D eigenvalue weighted by Gasteiger charge is -2.28. The molecule has 3 amide bonds. The molecule has 1 aromatic rings. The maximum absolute atomic E-state index is 12.7. The minimum absolute atomic E-state index is 0.0976. The highest BCUT2D eigenvalue weighted by molar-refractivity contribution is 6.20. The van der Waals surface area contributed by atoms with E-state index >= 15 is 0 Å². The summed E-state index contributed by atoms with van der Waals surface area (Å²) in [7, 11) is 0. The summed E-state index contributed by atoms with van der Waals surface area (Å²) in [4.78, 5) is 56.9. The summed E-state index contributed by atoms with van der Waals surface area (Å²) in [5.41, 5.74) is -0.206. The van der Waals surface area contributed by atoms with Crippen LogP contribution in [0.15, 0.2) is 24.3 Å². The SMILES string of the molecule is CC(C)(C)OC(=O)N1C2CCC1C(C(=O)ON1C(=O)c3ccccc3C1=O)C2. The minimum Gasteiger partial charge on any atom is -0.444 e. The zero-order chi connectivity index (χ0) is 20.2. The maximum Gasteiger partial charge on any atom is 0.410 e. The number of hydrogen-bond donors (Lipinski definition) is 0. The van der Waals surface area contributed by atoms with Crippen LogP contribution >= 0.6 is 0 Å². The van der Waals surface area contributed by atoms with Gasteiger partial charge in [0.15, 0.2) is 0 Å². The zero-order valence-electron chi connectivity index (χ0n) is 16.0. The maximum atomic E-state index is 12.7. The van der Waals surface area contributed by atoms with E-state index in [9.17, 15) is 19.2 Å². The van der Waals surface area contributed by atoms with Gasteiger partial charge in [-0.25, -0.2) is 9.59 Å². The highest BCUT2D eigenvalue weighted by Crippen LogP contribution is 2.43. The number of carbonyl (C=O) groups is 4. The number of hydrogen-bond acceptors (Lipinski definition) is 6. The molecule has 8 heteroatoms. The third-order valence-corrected chi connectivity index (χ3v) is 5.38. The van der Waals surface area contributed by atoms with Crippen LogP contribution in [0.5, 0.6) is 0 Å². The fraction of sp³-hybridized carbons (Fsp3) is 0.500. The van der Waals surface area contributed by atoms with Gasteiger partial charge in [-0.1, -0.05) is 17.2 Å². The number of carbonyl (C=O) groups excluding carboxylic acids is 4. The van der Waals surface area contributed by atoms with E-state index in [4.69, 9.17) is 9.57 Å². The molecule has 0 saturated carbocycles. The number of nitrogens with zero attached hydrogens (tertiary/aromatic N) is 2. The molecule has 28 heavy (non-hydrogen) atoms. The number of fused-ring (bicyclic) bond motifs is 3. The molecule has 2 saturated heterocycles. The van der Waals surface area contributed by atoms with Crippen molar-refractivity contribution in [1.82, 2.24) is 9.96 Å². The van der Waals surface area contributed by atoms with Crippen molar-refractivity contribution in [3.8, 4) is 0 Å². The third kappa shape index (κ3) is 2.93. The average molecular weight is 386 g/mol. The molecule has 2 fully saturated rings. The van der Waals surface area contributed by atoms with Crippen molar-refractivity contribution in [2.24, 2.45) is 5.92 Å². The van der Waals surface area contributed by atoms with Gasteiger partial charge in [0.05, 0.1) is 17.0 Å². The van der Waals surface area contributed by atoms with Crippen LogP contribution in [0.2, 0.25) is 0 Å². The fourth-order valence-corrected chi connectivity index (χ4v) is 4.25. The molecule has 1 aromatic carbocycles. The Morgan fingerprint density at radius 2 is 1.64 bits per heavy atom. The first-order chi connectivity index (χ1) is 13.2. The predicted octanol–water partition coefficient (Wildman–Crippen LogP) is 2.53. The van der Waals surface area contributed by atoms with Gasteiger partial charge in [-0.2, -0.15) is 0 Å². The molecular formula is C20H22N2O6. The molecule has 4 rings (SSSR count). The van der Waals surface area contributed by atoms with Crippen LogP contribution < -0.4 is 0 Å². The Morgan fingerprint density at radius 1 is 1.04 bits per heavy atom. The summed E-state index contributed by atoms with van der Waals surface area (Å²) < 4.78 is 5.46. The van der Waals surface area contributed by atoms with E-state index in [0.29, 0.717) is 17.9 Å². The number of imide groups is 1. The first-order valence-electron chi connectivity index (χ1n) is 9.38. The monoisotopic (exact) mass is 386 g/mol. The molecular weight excluding hydrogens is 364 g/mol. The molecule has 8 nitrogen and oxygen atoms in total. The number of ether oxygens (including phenoxy) is 1. The smallest absolute Gasteiger partial charge is 0.410 e. The molecule has 3 aliphatic heterocycles. The molecule has 2 bridgehead atoms. The largest absolute Gasteiger partial charge is 0.444 e. The summed E-state index contributed by atoms with van der Waals surface area (Å²) in [6.45, 7) is 5.37. The van der Waals surface area contributed by atoms with Crippen molar-refractivity contribution in [2.45, 2.75) is 57.7 Å². The van der Waals surface area contributed by atoms with Gasteiger partial charge in [0.1, 0.15) is 5.60 Å². The summed E-state index contributed by atoms with van der Waals surface area (Å²) in [6.07, 6.45) is 1.44. The van der Waals surface area contributed by atoms with Crippen LogP contribution in [0.25, 0.3) is 0 Å². The lowest BCUT2D eigenvalue weighted by atomic mass is 9.89. The van der Waals surface area contributed by atoms with E-state index in [1.54, 1.807) is 37.8 Å². The molecule has 3 atom stereocenters. The van der Waals surface area contributed by atoms with Crippen LogP contribution in [0, 0.1) is 5.92 Å². The van der Waals surface area contributed by atoms with Crippen LogP contribution in [0.1, 0.15) is 60.7 Å². The van der Waals surface area contributed by atoms with Gasteiger partial charge in [-0.15, -0.1) is 0 Å². The summed E-state index contributed by atoms with van der Waals surface area (Å²) in [5, 5.41) is 0.525. The molecule has 0 aromatic heterocycles. The Morgan fingerprint density at radius 3 is 2.21 bits per heavy atom. The van der Waals surface area contributed by atoms with E-state index in [1.165, 1.54) is 12.1 Å². The molecule has 0 aliphatic carbocycles. The van der Waals surface area contributed by atoms with Crippen LogP contribution in [-0.4, -0.2) is 51.5 Å². The van der Waals surface area contributed by atoms with Crippen LogP contribution in [-0.2, 0) is 14.4 Å². The zero-order valence-corrected chi connectivity index (χ0v) is 16.0. The summed E-state index contributed by atoms with van der Waals surface area (Å²) in [5.74, 6) is -2.56. The van der Waals surface area contributed by atoms with Gasteiger partial charge in [0, 0.05) is 12.1 Å². The lowest BCUT2D eigenvalue weighted by molar-refractivity contribution is -0.174. The Kier molecular flexibility index (Phi) is 4.17. The second kappa shape index (κ2) is 6.32. The lowest BCUT2D eigenvalue weighted by Crippen LogP contribution is -2.42. The van der Waals surface area contributed by atoms with Crippen molar-refractivity contribution < 1.29 is 28.8 Å². The first kappa shape index (κ1) is 18.5. The van der Waals surface area contributed by atoms with Gasteiger partial charge in [0.2, 0.25) is 0 Å². The van der Waals surface area contributed by atoms with Gasteiger partial charge in [-0.3, -0.25) is 9.59 Å². The quantitative estimate of drug-likeness (QED) is 0.725. The summed E-state index contributed by atoms with van der Waals surface area (Å²) in [6, 6.07) is 5.88. The van der Waals surface area contributed by atoms with Crippen LogP contribution in [0.4, 0.5) is 4.79 Å². The Labute approximate surface area is 162 Å². The van der Waals surface area contributed by atoms with E-state index < -0.39 is 35.4 Å². The molecule has 3 unspecified atom stereocenters. The predicted molar refractivity (Wildman–Crippen MR) is 96.0 cm³/mol. The van der Waals surface area contributed by atoms with Crippen molar-refractivity contribution in [2.75, 3.05) is 0 Å². The molecule has 0 N–H and O–H groups in total. The van der Waals surface area contributed by atoms with Gasteiger partial charge in [-0.05, 0) is 52.2 Å². The van der Waals surface area contributed by atoms with E-state index in [-0.39, 0.29) is 23.2 Å². The third-order valence-electron chi connectivity index (χ3n) is 5.38. The minimum atomic E-state index is -0.671. The van der Waals surface area contributed by atoms with Gasteiger partial charge < -0.3 is 14.5 Å². The van der Waals surface area contributed by atoms with Crippen molar-refractivity contribution >= 4 is 23.9 Å². The second-order valence-corrected chi connectivity index (χ2v) is 8.39. The van der Waals surface area contributed by atoms with Crippen molar-refractivity contribution in [3.05, 3.63) is 35.4 Å². The number of amides is 3. The Bertz CT molecular complexity index is 839. The summed E-state index contributed by atoms with van der Waals surface area (Å²) >= 11 is 0. The Hall–Kier alpha value is -2.90. The molecule has 0 spiro atoms. The molecule has 148 valence electrons. The first-order valence-corrected chi connectivity index (χ1v) is 9.38. The number of rotatable bonds is 2. The second-order valence-electron chi connectivity index (χ2n) is 8.39. The van der Waals surface area contributed by atoms with Crippen molar-refractivity contribution in [1.29, 1.82) is 0 Å². The number of hydroxylamine groups is 2.